The number of rotatable bonds is 7. The maximum absolute atomic E-state index is 4.36. The molecule has 0 spiro atoms. The maximum Gasteiger partial charge on any atom is 0.191 e. The molecule has 164 valence electrons. The Bertz CT molecular complexity index is 983. The van der Waals surface area contributed by atoms with Crippen molar-refractivity contribution in [2.75, 3.05) is 46.8 Å². The molecular weight excluding hydrogens is 384 g/mol. The van der Waals surface area contributed by atoms with Crippen molar-refractivity contribution in [1.82, 2.24) is 25.4 Å². The predicted octanol–water partition coefficient (Wildman–Crippen LogP) is 2.82. The molecule has 31 heavy (non-hydrogen) atoms. The zero-order valence-corrected chi connectivity index (χ0v) is 18.7. The number of hydrogen-bond acceptors (Lipinski definition) is 3. The highest BCUT2D eigenvalue weighted by atomic mass is 15.2. The van der Waals surface area contributed by atoms with Crippen LogP contribution in [0.3, 0.4) is 0 Å². The van der Waals surface area contributed by atoms with E-state index in [-0.39, 0.29) is 0 Å². The molecule has 0 radical (unpaired) electrons. The third kappa shape index (κ3) is 5.87. The smallest absolute Gasteiger partial charge is 0.191 e. The fraction of sp³-hybridized carbons (Fsp3) is 0.400. The minimum atomic E-state index is 0.765. The third-order valence-corrected chi connectivity index (χ3v) is 6.07. The van der Waals surface area contributed by atoms with Crippen LogP contribution in [0.1, 0.15) is 16.7 Å². The van der Waals surface area contributed by atoms with Gasteiger partial charge < -0.3 is 20.5 Å². The normalized spacial score (nSPS) is 16.0. The molecule has 0 amide bonds. The van der Waals surface area contributed by atoms with E-state index in [9.17, 15) is 0 Å². The molecule has 0 saturated carbocycles. The summed E-state index contributed by atoms with van der Waals surface area (Å²) < 4.78 is 0. The fourth-order valence-electron chi connectivity index (χ4n) is 4.09. The zero-order chi connectivity index (χ0) is 21.5. The van der Waals surface area contributed by atoms with Crippen molar-refractivity contribution in [3.05, 3.63) is 71.4 Å². The van der Waals surface area contributed by atoms with Gasteiger partial charge in [0.05, 0.1) is 0 Å². The number of nitrogens with zero attached hydrogens (tertiary/aromatic N) is 3. The van der Waals surface area contributed by atoms with E-state index in [0.29, 0.717) is 0 Å². The van der Waals surface area contributed by atoms with E-state index in [2.05, 4.69) is 92.2 Å². The number of piperazine rings is 1. The molecule has 1 aliphatic rings. The first-order valence-corrected chi connectivity index (χ1v) is 11.2. The molecule has 6 nitrogen and oxygen atoms in total. The number of aromatic nitrogens is 1. The first-order chi connectivity index (χ1) is 15.2. The van der Waals surface area contributed by atoms with Gasteiger partial charge in [0.25, 0.3) is 0 Å². The highest BCUT2D eigenvalue weighted by Gasteiger charge is 2.13. The molecule has 2 aromatic carbocycles. The largest absolute Gasteiger partial charge is 0.361 e. The molecular formula is C25H34N6. The molecule has 6 heteroatoms. The van der Waals surface area contributed by atoms with Gasteiger partial charge in [0.1, 0.15) is 0 Å². The number of hydrogen-bond donors (Lipinski definition) is 3. The van der Waals surface area contributed by atoms with Crippen molar-refractivity contribution in [1.29, 1.82) is 0 Å². The average Bonchev–Trinajstić information content (AvgIpc) is 3.22. The number of guanidine groups is 1. The molecule has 0 atom stereocenters. The molecule has 0 aliphatic carbocycles. The lowest BCUT2D eigenvalue weighted by molar-refractivity contribution is 0.148. The molecule has 2 heterocycles. The van der Waals surface area contributed by atoms with Crippen LogP contribution in [0.2, 0.25) is 0 Å². The summed E-state index contributed by atoms with van der Waals surface area (Å²) >= 11 is 0. The van der Waals surface area contributed by atoms with E-state index in [0.717, 1.165) is 58.2 Å². The Balaban J connectivity index is 1.21. The summed E-state index contributed by atoms with van der Waals surface area (Å²) in [6.07, 6.45) is 3.05. The Morgan fingerprint density at radius 3 is 2.48 bits per heavy atom. The van der Waals surface area contributed by atoms with Crippen molar-refractivity contribution >= 4 is 16.9 Å². The number of likely N-dealkylation sites (N-methyl/N-ethyl adjacent to an activating group) is 1. The number of aliphatic imine (C=N–C) groups is 1. The summed E-state index contributed by atoms with van der Waals surface area (Å²) in [5.74, 6) is 0.835. The van der Waals surface area contributed by atoms with Gasteiger partial charge >= 0.3 is 0 Å². The molecule has 1 fully saturated rings. The summed E-state index contributed by atoms with van der Waals surface area (Å²) in [4.78, 5) is 12.6. The van der Waals surface area contributed by atoms with Crippen molar-refractivity contribution in [3.8, 4) is 0 Å². The molecule has 1 aliphatic heterocycles. The maximum atomic E-state index is 4.36. The zero-order valence-electron chi connectivity index (χ0n) is 18.7. The summed E-state index contributed by atoms with van der Waals surface area (Å²) in [6, 6.07) is 17.4. The van der Waals surface area contributed by atoms with Crippen LogP contribution in [0.5, 0.6) is 0 Å². The van der Waals surface area contributed by atoms with Gasteiger partial charge in [-0.15, -0.1) is 0 Å². The quantitative estimate of drug-likeness (QED) is 0.408. The van der Waals surface area contributed by atoms with Crippen molar-refractivity contribution in [3.63, 3.8) is 0 Å². The Kier molecular flexibility index (Phi) is 7.22. The van der Waals surface area contributed by atoms with Gasteiger partial charge in [-0.05, 0) is 36.2 Å². The van der Waals surface area contributed by atoms with E-state index in [1.807, 2.05) is 7.05 Å². The van der Waals surface area contributed by atoms with E-state index in [1.54, 1.807) is 0 Å². The fourth-order valence-corrected chi connectivity index (χ4v) is 4.09. The molecule has 4 rings (SSSR count). The monoisotopic (exact) mass is 418 g/mol. The molecule has 3 N–H and O–H groups in total. The summed E-state index contributed by atoms with van der Waals surface area (Å²) in [5.41, 5.74) is 5.17. The molecule has 1 saturated heterocycles. The highest BCUT2D eigenvalue weighted by molar-refractivity contribution is 5.83. The van der Waals surface area contributed by atoms with Crippen LogP contribution in [0.25, 0.3) is 10.9 Å². The first-order valence-electron chi connectivity index (χ1n) is 11.2. The lowest BCUT2D eigenvalue weighted by Gasteiger charge is -2.32. The first kappa shape index (κ1) is 21.4. The van der Waals surface area contributed by atoms with E-state index >= 15 is 0 Å². The van der Waals surface area contributed by atoms with Crippen LogP contribution in [0.4, 0.5) is 0 Å². The standard InChI is InChI=1S/C25H34N6/c1-26-25(27-12-11-22-18-28-24-6-4-3-5-23(22)24)29-17-20-7-9-21(10-8-20)19-31-15-13-30(2)14-16-31/h3-10,18,28H,11-17,19H2,1-2H3,(H2,26,27,29). The minimum absolute atomic E-state index is 0.765. The van der Waals surface area contributed by atoms with E-state index < -0.39 is 0 Å². The topological polar surface area (TPSA) is 58.7 Å². The minimum Gasteiger partial charge on any atom is -0.361 e. The number of H-pyrrole nitrogens is 1. The molecule has 3 aromatic rings. The second kappa shape index (κ2) is 10.5. The SMILES string of the molecule is CN=C(NCCc1c[nH]c2ccccc12)NCc1ccc(CN2CCN(C)CC2)cc1. The van der Waals surface area contributed by atoms with Crippen LogP contribution in [-0.2, 0) is 19.5 Å². The van der Waals surface area contributed by atoms with Gasteiger partial charge in [-0.1, -0.05) is 42.5 Å². The highest BCUT2D eigenvalue weighted by Crippen LogP contribution is 2.17. The van der Waals surface area contributed by atoms with Crippen LogP contribution < -0.4 is 10.6 Å². The van der Waals surface area contributed by atoms with Gasteiger partial charge in [0.15, 0.2) is 5.96 Å². The lowest BCUT2D eigenvalue weighted by atomic mass is 10.1. The number of benzene rings is 2. The van der Waals surface area contributed by atoms with Crippen LogP contribution in [0, 0.1) is 0 Å². The Hall–Kier alpha value is -2.83. The van der Waals surface area contributed by atoms with Gasteiger partial charge in [0.2, 0.25) is 0 Å². The van der Waals surface area contributed by atoms with Crippen LogP contribution >= 0.6 is 0 Å². The molecule has 0 bridgehead atoms. The molecule has 1 aromatic heterocycles. The van der Waals surface area contributed by atoms with Gasteiger partial charge in [-0.2, -0.15) is 0 Å². The predicted molar refractivity (Wildman–Crippen MR) is 129 cm³/mol. The molecule has 0 unspecified atom stereocenters. The van der Waals surface area contributed by atoms with Gasteiger partial charge in [0, 0.05) is 70.0 Å². The summed E-state index contributed by atoms with van der Waals surface area (Å²) in [7, 11) is 4.02. The van der Waals surface area contributed by atoms with Gasteiger partial charge in [-0.25, -0.2) is 0 Å². The number of nitrogens with one attached hydrogen (secondary N) is 3. The number of aromatic amines is 1. The van der Waals surface area contributed by atoms with Crippen molar-refractivity contribution in [2.24, 2.45) is 4.99 Å². The van der Waals surface area contributed by atoms with E-state index in [1.165, 1.54) is 27.6 Å². The Morgan fingerprint density at radius 1 is 0.968 bits per heavy atom. The average molecular weight is 419 g/mol. The van der Waals surface area contributed by atoms with Crippen molar-refractivity contribution < 1.29 is 0 Å². The Morgan fingerprint density at radius 2 is 1.71 bits per heavy atom. The summed E-state index contributed by atoms with van der Waals surface area (Å²) in [5, 5.41) is 8.15. The van der Waals surface area contributed by atoms with Crippen molar-refractivity contribution in [2.45, 2.75) is 19.5 Å². The second-order valence-electron chi connectivity index (χ2n) is 8.36. The Labute approximate surface area is 185 Å². The third-order valence-electron chi connectivity index (χ3n) is 6.07. The number of fused-ring (bicyclic) bond motifs is 1. The van der Waals surface area contributed by atoms with Crippen LogP contribution in [-0.4, -0.2) is 67.6 Å². The second-order valence-corrected chi connectivity index (χ2v) is 8.36. The van der Waals surface area contributed by atoms with E-state index in [4.69, 9.17) is 0 Å². The van der Waals surface area contributed by atoms with Gasteiger partial charge in [-0.3, -0.25) is 9.89 Å². The number of para-hydroxylation sites is 1. The summed E-state index contributed by atoms with van der Waals surface area (Å²) in [6.45, 7) is 7.27. The lowest BCUT2D eigenvalue weighted by Crippen LogP contribution is -2.43. The van der Waals surface area contributed by atoms with Crippen LogP contribution in [0.15, 0.2) is 59.7 Å².